The average Bonchev–Trinajstić information content (AvgIpc) is 2.72. The van der Waals surface area contributed by atoms with Gasteiger partial charge in [-0.2, -0.15) is 0 Å². The number of nitrogens with two attached hydrogens (primary N) is 1. The van der Waals surface area contributed by atoms with Gasteiger partial charge in [0.1, 0.15) is 5.75 Å². The molecule has 150 valence electrons. The van der Waals surface area contributed by atoms with Crippen LogP contribution in [0.4, 0.5) is 5.69 Å². The summed E-state index contributed by atoms with van der Waals surface area (Å²) in [5.41, 5.74) is 7.19. The molecule has 0 spiro atoms. The van der Waals surface area contributed by atoms with Gasteiger partial charge in [0.25, 0.3) is 5.91 Å². The molecule has 6 heteroatoms. The van der Waals surface area contributed by atoms with E-state index in [2.05, 4.69) is 34.1 Å². The second kappa shape index (κ2) is 9.57. The minimum Gasteiger partial charge on any atom is -0.507 e. The van der Waals surface area contributed by atoms with Gasteiger partial charge in [-0.1, -0.05) is 24.3 Å². The Labute approximate surface area is 166 Å². The molecule has 1 atom stereocenters. The van der Waals surface area contributed by atoms with Crippen LogP contribution in [0, 0.1) is 0 Å². The summed E-state index contributed by atoms with van der Waals surface area (Å²) >= 11 is 0. The first-order valence-electron chi connectivity index (χ1n) is 9.87. The van der Waals surface area contributed by atoms with Crippen LogP contribution in [0.1, 0.15) is 41.3 Å². The molecule has 28 heavy (non-hydrogen) atoms. The molecule has 1 unspecified atom stereocenters. The highest BCUT2D eigenvalue weighted by Crippen LogP contribution is 2.25. The lowest BCUT2D eigenvalue weighted by Gasteiger charge is -2.36. The number of amides is 1. The van der Waals surface area contributed by atoms with E-state index < -0.39 is 12.0 Å². The maximum Gasteiger partial charge on any atom is 0.252 e. The van der Waals surface area contributed by atoms with Crippen LogP contribution < -0.4 is 10.6 Å². The van der Waals surface area contributed by atoms with Crippen molar-refractivity contribution in [1.82, 2.24) is 4.90 Å². The predicted molar refractivity (Wildman–Crippen MR) is 111 cm³/mol. The number of hydrogen-bond acceptors (Lipinski definition) is 5. The first-order chi connectivity index (χ1) is 13.5. The molecule has 0 aromatic heterocycles. The summed E-state index contributed by atoms with van der Waals surface area (Å²) in [5.74, 6) is -0.848. The lowest BCUT2D eigenvalue weighted by Crippen LogP contribution is -2.46. The molecule has 4 N–H and O–H groups in total. The van der Waals surface area contributed by atoms with Gasteiger partial charge in [-0.15, -0.1) is 0 Å². The number of carbonyl (C=O) groups is 1. The summed E-state index contributed by atoms with van der Waals surface area (Å²) in [6.07, 6.45) is 1.87. The van der Waals surface area contributed by atoms with Crippen LogP contribution in [0.3, 0.4) is 0 Å². The highest BCUT2D eigenvalue weighted by Gasteiger charge is 2.17. The number of piperazine rings is 1. The fourth-order valence-electron chi connectivity index (χ4n) is 3.67. The summed E-state index contributed by atoms with van der Waals surface area (Å²) < 4.78 is 0. The number of aromatic hydroxyl groups is 1. The Hall–Kier alpha value is -2.57. The number of nitrogens with zero attached hydrogens (tertiary/aromatic N) is 2. The van der Waals surface area contributed by atoms with Crippen LogP contribution in [0.2, 0.25) is 0 Å². The number of aliphatic hydroxyl groups is 1. The third-order valence-electron chi connectivity index (χ3n) is 5.37. The maximum absolute atomic E-state index is 11.3. The molecule has 1 aliphatic heterocycles. The number of phenols is 1. The number of aliphatic hydroxyl groups excluding tert-OH is 1. The maximum atomic E-state index is 11.3. The van der Waals surface area contributed by atoms with Crippen LogP contribution in [-0.2, 0) is 0 Å². The van der Waals surface area contributed by atoms with Crippen LogP contribution in [0.25, 0.3) is 0 Å². The average molecular weight is 383 g/mol. The van der Waals surface area contributed by atoms with Crippen molar-refractivity contribution in [3.8, 4) is 5.75 Å². The number of anilines is 1. The molecule has 6 nitrogen and oxygen atoms in total. The molecule has 2 aromatic carbocycles. The zero-order chi connectivity index (χ0) is 19.9. The van der Waals surface area contributed by atoms with Crippen molar-refractivity contribution in [2.24, 2.45) is 5.73 Å². The Morgan fingerprint density at radius 2 is 1.75 bits per heavy atom. The molecule has 3 rings (SSSR count). The van der Waals surface area contributed by atoms with E-state index in [-0.39, 0.29) is 11.3 Å². The molecular formula is C22H29N3O3. The SMILES string of the molecule is NC(=O)c1cc(C(O)CCCCN2CCN(c3ccccc3)CC2)ccc1O. The summed E-state index contributed by atoms with van der Waals surface area (Å²) in [4.78, 5) is 16.2. The Morgan fingerprint density at radius 1 is 1.04 bits per heavy atom. The molecule has 1 saturated heterocycles. The van der Waals surface area contributed by atoms with Gasteiger partial charge in [-0.25, -0.2) is 0 Å². The molecular weight excluding hydrogens is 354 g/mol. The highest BCUT2D eigenvalue weighted by atomic mass is 16.3. The lowest BCUT2D eigenvalue weighted by molar-refractivity contribution is 0.0997. The Morgan fingerprint density at radius 3 is 2.43 bits per heavy atom. The molecule has 0 bridgehead atoms. The van der Waals surface area contributed by atoms with Crippen LogP contribution in [0.15, 0.2) is 48.5 Å². The van der Waals surface area contributed by atoms with Crippen LogP contribution >= 0.6 is 0 Å². The van der Waals surface area contributed by atoms with Gasteiger partial charge >= 0.3 is 0 Å². The molecule has 1 aliphatic rings. The van der Waals surface area contributed by atoms with Gasteiger partial charge in [0.05, 0.1) is 11.7 Å². The van der Waals surface area contributed by atoms with Crippen molar-refractivity contribution in [1.29, 1.82) is 0 Å². The van der Waals surface area contributed by atoms with E-state index in [1.54, 1.807) is 6.07 Å². The number of para-hydroxylation sites is 1. The third-order valence-corrected chi connectivity index (χ3v) is 5.37. The Kier molecular flexibility index (Phi) is 6.90. The van der Waals surface area contributed by atoms with Gasteiger partial charge in [0.2, 0.25) is 0 Å². The normalized spacial score (nSPS) is 16.1. The first kappa shape index (κ1) is 20.2. The zero-order valence-corrected chi connectivity index (χ0v) is 16.1. The van der Waals surface area contributed by atoms with Gasteiger partial charge in [0.15, 0.2) is 0 Å². The predicted octanol–water partition coefficient (Wildman–Crippen LogP) is 2.52. The van der Waals surface area contributed by atoms with Gasteiger partial charge < -0.3 is 20.8 Å². The minimum atomic E-state index is -0.693. The number of primary amides is 1. The summed E-state index contributed by atoms with van der Waals surface area (Å²) in [7, 11) is 0. The zero-order valence-electron chi connectivity index (χ0n) is 16.1. The lowest BCUT2D eigenvalue weighted by atomic mass is 10.0. The molecule has 1 amide bonds. The number of hydrogen-bond donors (Lipinski definition) is 3. The number of carbonyl (C=O) groups excluding carboxylic acids is 1. The van der Waals surface area contributed by atoms with Gasteiger partial charge in [-0.3, -0.25) is 9.69 Å². The van der Waals surface area contributed by atoms with E-state index in [1.165, 1.54) is 17.8 Å². The fraction of sp³-hybridized carbons (Fsp3) is 0.409. The standard InChI is InChI=1S/C22H29N3O3/c23-22(28)19-16-17(9-10-21(19)27)20(26)8-4-5-11-24-12-14-25(15-13-24)18-6-2-1-3-7-18/h1-3,6-7,9-10,16,20,26-27H,4-5,8,11-15H2,(H2,23,28). The van der Waals surface area contributed by atoms with Gasteiger partial charge in [0, 0.05) is 31.9 Å². The molecule has 1 fully saturated rings. The van der Waals surface area contributed by atoms with Crippen molar-refractivity contribution in [3.63, 3.8) is 0 Å². The highest BCUT2D eigenvalue weighted by molar-refractivity contribution is 5.95. The van der Waals surface area contributed by atoms with E-state index in [9.17, 15) is 15.0 Å². The van der Waals surface area contributed by atoms with E-state index >= 15 is 0 Å². The number of benzene rings is 2. The Balaban J connectivity index is 1.38. The summed E-state index contributed by atoms with van der Waals surface area (Å²) in [6, 6.07) is 15.0. The molecule has 1 heterocycles. The van der Waals surface area contributed by atoms with Crippen molar-refractivity contribution in [2.45, 2.75) is 25.4 Å². The number of unbranched alkanes of at least 4 members (excludes halogenated alkanes) is 1. The van der Waals surface area contributed by atoms with Crippen molar-refractivity contribution in [2.75, 3.05) is 37.6 Å². The summed E-state index contributed by atoms with van der Waals surface area (Å²) in [6.45, 7) is 5.21. The Bertz CT molecular complexity index is 774. The largest absolute Gasteiger partial charge is 0.507 e. The van der Waals surface area contributed by atoms with E-state index in [1.807, 2.05) is 6.07 Å². The minimum absolute atomic E-state index is 0.0489. The summed E-state index contributed by atoms with van der Waals surface area (Å²) in [5, 5.41) is 20.0. The smallest absolute Gasteiger partial charge is 0.252 e. The molecule has 0 saturated carbocycles. The topological polar surface area (TPSA) is 90.0 Å². The van der Waals surface area contributed by atoms with Gasteiger partial charge in [-0.05, 0) is 55.6 Å². The quantitative estimate of drug-likeness (QED) is 0.610. The first-order valence-corrected chi connectivity index (χ1v) is 9.87. The molecule has 0 aliphatic carbocycles. The van der Waals surface area contributed by atoms with Crippen LogP contribution in [0.5, 0.6) is 5.75 Å². The van der Waals surface area contributed by atoms with E-state index in [0.29, 0.717) is 12.0 Å². The van der Waals surface area contributed by atoms with E-state index in [4.69, 9.17) is 5.73 Å². The molecule has 0 radical (unpaired) electrons. The fourth-order valence-corrected chi connectivity index (χ4v) is 3.67. The monoisotopic (exact) mass is 383 g/mol. The van der Waals surface area contributed by atoms with E-state index in [0.717, 1.165) is 45.6 Å². The number of rotatable bonds is 8. The second-order valence-corrected chi connectivity index (χ2v) is 7.32. The van der Waals surface area contributed by atoms with Crippen molar-refractivity contribution < 1.29 is 15.0 Å². The van der Waals surface area contributed by atoms with Crippen molar-refractivity contribution in [3.05, 3.63) is 59.7 Å². The third kappa shape index (κ3) is 5.24. The van der Waals surface area contributed by atoms with Crippen molar-refractivity contribution >= 4 is 11.6 Å². The van der Waals surface area contributed by atoms with Crippen LogP contribution in [-0.4, -0.2) is 53.7 Å². The second-order valence-electron chi connectivity index (χ2n) is 7.32. The molecule has 2 aromatic rings.